The number of hydrogen-bond donors (Lipinski definition) is 1. The summed E-state index contributed by atoms with van der Waals surface area (Å²) in [6.07, 6.45) is 2.28. The Morgan fingerprint density at radius 3 is 2.74 bits per heavy atom. The molecule has 0 unspecified atom stereocenters. The third-order valence-electron chi connectivity index (χ3n) is 3.94. The maximum Gasteiger partial charge on any atom is 0.0636 e. The lowest BCUT2D eigenvalue weighted by Gasteiger charge is -2.29. The molecule has 2 rings (SSSR count). The highest BCUT2D eigenvalue weighted by Gasteiger charge is 2.21. The summed E-state index contributed by atoms with van der Waals surface area (Å²) in [5, 5.41) is 0. The van der Waals surface area contributed by atoms with Gasteiger partial charge < -0.3 is 15.5 Å². The van der Waals surface area contributed by atoms with Crippen molar-refractivity contribution in [1.82, 2.24) is 0 Å². The van der Waals surface area contributed by atoms with Crippen LogP contribution in [-0.2, 0) is 0 Å². The molecule has 0 atom stereocenters. The van der Waals surface area contributed by atoms with Gasteiger partial charge in [0.25, 0.3) is 0 Å². The van der Waals surface area contributed by atoms with Gasteiger partial charge in [0.05, 0.1) is 11.4 Å². The summed E-state index contributed by atoms with van der Waals surface area (Å²) in [6.45, 7) is 8.66. The van der Waals surface area contributed by atoms with E-state index in [1.807, 2.05) is 0 Å². The first kappa shape index (κ1) is 14.2. The minimum absolute atomic E-state index is 0.562. The highest BCUT2D eigenvalue weighted by Crippen LogP contribution is 2.38. The first-order valence-corrected chi connectivity index (χ1v) is 7.44. The van der Waals surface area contributed by atoms with Gasteiger partial charge in [-0.1, -0.05) is 26.0 Å². The zero-order valence-corrected chi connectivity index (χ0v) is 12.5. The molecule has 19 heavy (non-hydrogen) atoms. The third-order valence-corrected chi connectivity index (χ3v) is 3.94. The smallest absolute Gasteiger partial charge is 0.0636 e. The quantitative estimate of drug-likeness (QED) is 0.904. The van der Waals surface area contributed by atoms with Gasteiger partial charge >= 0.3 is 0 Å². The number of para-hydroxylation sites is 1. The second kappa shape index (κ2) is 6.29. The standard InChI is InChI=1S/C16H27N3/c1-13(2)14-7-4-8-15-16(14)18(3)10-6-12-19(15)11-5-9-17/h4,7-8,13H,5-6,9-12,17H2,1-3H3. The molecule has 3 heteroatoms. The maximum atomic E-state index is 5.67. The Labute approximate surface area is 117 Å². The highest BCUT2D eigenvalue weighted by atomic mass is 15.2. The van der Waals surface area contributed by atoms with E-state index in [0.29, 0.717) is 5.92 Å². The monoisotopic (exact) mass is 261 g/mol. The Kier molecular flexibility index (Phi) is 4.70. The lowest BCUT2D eigenvalue weighted by Crippen LogP contribution is -2.26. The van der Waals surface area contributed by atoms with Crippen molar-refractivity contribution in [3.05, 3.63) is 23.8 Å². The average molecular weight is 261 g/mol. The average Bonchev–Trinajstić information content (AvgIpc) is 2.56. The maximum absolute atomic E-state index is 5.67. The van der Waals surface area contributed by atoms with Crippen molar-refractivity contribution < 1.29 is 0 Å². The van der Waals surface area contributed by atoms with Crippen LogP contribution in [0, 0.1) is 0 Å². The number of nitrogens with two attached hydrogens (primary N) is 1. The Morgan fingerprint density at radius 1 is 1.26 bits per heavy atom. The van der Waals surface area contributed by atoms with E-state index in [1.54, 1.807) is 0 Å². The highest BCUT2D eigenvalue weighted by molar-refractivity contribution is 5.76. The van der Waals surface area contributed by atoms with Crippen LogP contribution in [0.3, 0.4) is 0 Å². The van der Waals surface area contributed by atoms with Crippen LogP contribution in [0.25, 0.3) is 0 Å². The van der Waals surface area contributed by atoms with Crippen LogP contribution >= 0.6 is 0 Å². The van der Waals surface area contributed by atoms with Gasteiger partial charge in [0.15, 0.2) is 0 Å². The summed E-state index contributed by atoms with van der Waals surface area (Å²) in [6, 6.07) is 6.73. The van der Waals surface area contributed by atoms with Gasteiger partial charge in [-0.3, -0.25) is 0 Å². The fourth-order valence-corrected chi connectivity index (χ4v) is 2.93. The molecule has 0 spiro atoms. The molecule has 0 radical (unpaired) electrons. The van der Waals surface area contributed by atoms with Crippen LogP contribution < -0.4 is 15.5 Å². The lowest BCUT2D eigenvalue weighted by atomic mass is 9.99. The van der Waals surface area contributed by atoms with E-state index in [2.05, 4.69) is 48.9 Å². The molecule has 106 valence electrons. The summed E-state index contributed by atoms with van der Waals surface area (Å²) in [4.78, 5) is 4.94. The van der Waals surface area contributed by atoms with E-state index < -0.39 is 0 Å². The fourth-order valence-electron chi connectivity index (χ4n) is 2.93. The summed E-state index contributed by atoms with van der Waals surface area (Å²) >= 11 is 0. The van der Waals surface area contributed by atoms with Crippen molar-refractivity contribution in [2.45, 2.75) is 32.6 Å². The Bertz CT molecular complexity index is 414. The van der Waals surface area contributed by atoms with Gasteiger partial charge in [-0.15, -0.1) is 0 Å². The predicted molar refractivity (Wildman–Crippen MR) is 84.3 cm³/mol. The van der Waals surface area contributed by atoms with E-state index in [1.165, 1.54) is 23.4 Å². The Balaban J connectivity index is 2.41. The van der Waals surface area contributed by atoms with Gasteiger partial charge in [0, 0.05) is 26.7 Å². The topological polar surface area (TPSA) is 32.5 Å². The van der Waals surface area contributed by atoms with E-state index in [0.717, 1.165) is 32.6 Å². The molecule has 0 aromatic heterocycles. The second-order valence-corrected chi connectivity index (χ2v) is 5.77. The largest absolute Gasteiger partial charge is 0.373 e. The molecule has 0 amide bonds. The van der Waals surface area contributed by atoms with Crippen LogP contribution in [0.4, 0.5) is 11.4 Å². The molecular weight excluding hydrogens is 234 g/mol. The molecule has 1 aromatic rings. The summed E-state index contributed by atoms with van der Waals surface area (Å²) in [7, 11) is 2.22. The van der Waals surface area contributed by atoms with E-state index in [-0.39, 0.29) is 0 Å². The number of hydrogen-bond acceptors (Lipinski definition) is 3. The first-order valence-electron chi connectivity index (χ1n) is 7.44. The molecule has 1 aliphatic heterocycles. The lowest BCUT2D eigenvalue weighted by molar-refractivity contribution is 0.710. The van der Waals surface area contributed by atoms with E-state index in [9.17, 15) is 0 Å². The SMILES string of the molecule is CC(C)c1cccc2c1N(C)CCCN2CCCN. The van der Waals surface area contributed by atoms with Crippen LogP contribution in [0.15, 0.2) is 18.2 Å². The molecule has 1 aromatic carbocycles. The molecule has 0 saturated carbocycles. The summed E-state index contributed by atoms with van der Waals surface area (Å²) < 4.78 is 0. The van der Waals surface area contributed by atoms with Gasteiger partial charge in [-0.05, 0) is 36.9 Å². The molecular formula is C16H27N3. The molecule has 0 aliphatic carbocycles. The van der Waals surface area contributed by atoms with Gasteiger partial charge in [-0.25, -0.2) is 0 Å². The number of fused-ring (bicyclic) bond motifs is 1. The molecule has 2 N–H and O–H groups in total. The van der Waals surface area contributed by atoms with Crippen molar-refractivity contribution in [1.29, 1.82) is 0 Å². The van der Waals surface area contributed by atoms with Crippen LogP contribution in [0.2, 0.25) is 0 Å². The Morgan fingerprint density at radius 2 is 2.05 bits per heavy atom. The van der Waals surface area contributed by atoms with Gasteiger partial charge in [0.2, 0.25) is 0 Å². The molecule has 3 nitrogen and oxygen atoms in total. The predicted octanol–water partition coefficient (Wildman–Crippen LogP) is 2.81. The van der Waals surface area contributed by atoms with Crippen molar-refractivity contribution in [2.24, 2.45) is 5.73 Å². The van der Waals surface area contributed by atoms with E-state index >= 15 is 0 Å². The van der Waals surface area contributed by atoms with Crippen molar-refractivity contribution in [3.63, 3.8) is 0 Å². The molecule has 1 heterocycles. The molecule has 0 fully saturated rings. The van der Waals surface area contributed by atoms with Crippen molar-refractivity contribution in [3.8, 4) is 0 Å². The third kappa shape index (κ3) is 3.03. The van der Waals surface area contributed by atoms with Crippen LogP contribution in [0.1, 0.15) is 38.2 Å². The van der Waals surface area contributed by atoms with Gasteiger partial charge in [-0.2, -0.15) is 0 Å². The Hall–Kier alpha value is -1.22. The zero-order chi connectivity index (χ0) is 13.8. The van der Waals surface area contributed by atoms with Gasteiger partial charge in [0.1, 0.15) is 0 Å². The normalized spacial score (nSPS) is 15.6. The molecule has 0 saturated heterocycles. The minimum Gasteiger partial charge on any atom is -0.373 e. The second-order valence-electron chi connectivity index (χ2n) is 5.77. The number of anilines is 2. The van der Waals surface area contributed by atoms with E-state index in [4.69, 9.17) is 5.73 Å². The van der Waals surface area contributed by atoms with Crippen molar-refractivity contribution >= 4 is 11.4 Å². The van der Waals surface area contributed by atoms with Crippen LogP contribution in [0.5, 0.6) is 0 Å². The number of nitrogens with zero attached hydrogens (tertiary/aromatic N) is 2. The number of rotatable bonds is 4. The molecule has 1 aliphatic rings. The van der Waals surface area contributed by atoms with Crippen molar-refractivity contribution in [2.75, 3.05) is 43.0 Å². The molecule has 0 bridgehead atoms. The number of benzene rings is 1. The van der Waals surface area contributed by atoms with Crippen LogP contribution in [-0.4, -0.2) is 33.2 Å². The first-order chi connectivity index (χ1) is 9.15. The summed E-state index contributed by atoms with van der Waals surface area (Å²) in [5.74, 6) is 0.562. The fraction of sp³-hybridized carbons (Fsp3) is 0.625. The summed E-state index contributed by atoms with van der Waals surface area (Å²) in [5.41, 5.74) is 9.94. The minimum atomic E-state index is 0.562. The zero-order valence-electron chi connectivity index (χ0n) is 12.5.